The fourth-order valence-electron chi connectivity index (χ4n) is 3.32. The predicted octanol–water partition coefficient (Wildman–Crippen LogP) is 4.66. The molecule has 0 amide bonds. The summed E-state index contributed by atoms with van der Waals surface area (Å²) in [6.07, 6.45) is 1.52. The van der Waals surface area contributed by atoms with Crippen molar-refractivity contribution in [1.29, 1.82) is 0 Å². The van der Waals surface area contributed by atoms with Gasteiger partial charge < -0.3 is 20.3 Å². The summed E-state index contributed by atoms with van der Waals surface area (Å²) in [4.78, 5) is 17.6. The maximum Gasteiger partial charge on any atom is 0.339 e. The van der Waals surface area contributed by atoms with E-state index in [4.69, 9.17) is 5.11 Å². The average Bonchev–Trinajstić information content (AvgIpc) is 2.69. The van der Waals surface area contributed by atoms with Crippen LogP contribution in [0.5, 0.6) is 5.75 Å². The highest BCUT2D eigenvalue weighted by Gasteiger charge is 2.22. The molecular formula is C23H31N3O4. The molecule has 0 aliphatic heterocycles. The minimum Gasteiger partial charge on any atom is -0.507 e. The van der Waals surface area contributed by atoms with Crippen molar-refractivity contribution < 1.29 is 20.2 Å². The molecule has 4 N–H and O–H groups in total. The Hall–Kier alpha value is -2.90. The molecule has 7 heteroatoms. The maximum atomic E-state index is 11.0. The SMILES string of the molecule is CCN(CC)c1ccc(C(C=Nc2ccc(C(=O)O)c(O)c2)NO)cc1C(C)(C)C. The Balaban J connectivity index is 2.39. The van der Waals surface area contributed by atoms with Gasteiger partial charge in [0.1, 0.15) is 11.3 Å². The number of hydrogen-bond donors (Lipinski definition) is 4. The lowest BCUT2D eigenvalue weighted by molar-refractivity contribution is 0.0693. The molecule has 0 fully saturated rings. The highest BCUT2D eigenvalue weighted by atomic mass is 16.5. The van der Waals surface area contributed by atoms with Gasteiger partial charge in [0.05, 0.1) is 11.7 Å². The zero-order valence-electron chi connectivity index (χ0n) is 18.2. The molecule has 30 heavy (non-hydrogen) atoms. The molecule has 0 aliphatic rings. The van der Waals surface area contributed by atoms with Crippen LogP contribution in [-0.4, -0.2) is 40.7 Å². The molecule has 0 aromatic heterocycles. The summed E-state index contributed by atoms with van der Waals surface area (Å²) < 4.78 is 0. The number of nitrogens with one attached hydrogen (secondary N) is 1. The van der Waals surface area contributed by atoms with Gasteiger partial charge in [-0.3, -0.25) is 4.99 Å². The number of aromatic carboxylic acids is 1. The van der Waals surface area contributed by atoms with Gasteiger partial charge in [-0.1, -0.05) is 32.9 Å². The number of hydrogen-bond acceptors (Lipinski definition) is 6. The normalized spacial score (nSPS) is 12.9. The predicted molar refractivity (Wildman–Crippen MR) is 120 cm³/mol. The summed E-state index contributed by atoms with van der Waals surface area (Å²) in [5.41, 5.74) is 5.54. The summed E-state index contributed by atoms with van der Waals surface area (Å²) in [5.74, 6) is -1.56. The van der Waals surface area contributed by atoms with Crippen molar-refractivity contribution >= 4 is 23.6 Å². The summed E-state index contributed by atoms with van der Waals surface area (Å²) in [6, 6.07) is 9.58. The second kappa shape index (κ2) is 9.73. The average molecular weight is 414 g/mol. The van der Waals surface area contributed by atoms with Gasteiger partial charge in [0.25, 0.3) is 0 Å². The summed E-state index contributed by atoms with van der Waals surface area (Å²) in [6.45, 7) is 12.5. The number of aliphatic imine (C=N–C) groups is 1. The topological polar surface area (TPSA) is 105 Å². The lowest BCUT2D eigenvalue weighted by Gasteiger charge is -2.31. The van der Waals surface area contributed by atoms with Crippen molar-refractivity contribution in [3.05, 3.63) is 53.1 Å². The monoisotopic (exact) mass is 413 g/mol. The number of benzene rings is 2. The minimum absolute atomic E-state index is 0.0937. The molecule has 0 heterocycles. The maximum absolute atomic E-state index is 11.0. The van der Waals surface area contributed by atoms with Crippen molar-refractivity contribution in [2.75, 3.05) is 18.0 Å². The first kappa shape index (κ1) is 23.4. The first-order valence-electron chi connectivity index (χ1n) is 10.0. The number of carboxylic acids is 1. The quantitative estimate of drug-likeness (QED) is 0.371. The second-order valence-corrected chi connectivity index (χ2v) is 8.09. The fourth-order valence-corrected chi connectivity index (χ4v) is 3.32. The van der Waals surface area contributed by atoms with Crippen LogP contribution in [0.3, 0.4) is 0 Å². The van der Waals surface area contributed by atoms with Crippen LogP contribution in [0.25, 0.3) is 0 Å². The van der Waals surface area contributed by atoms with Crippen molar-refractivity contribution in [3.63, 3.8) is 0 Å². The molecule has 0 saturated heterocycles. The zero-order valence-corrected chi connectivity index (χ0v) is 18.2. The van der Waals surface area contributed by atoms with Crippen LogP contribution in [0, 0.1) is 0 Å². The van der Waals surface area contributed by atoms with E-state index in [0.717, 1.165) is 18.7 Å². The standard InChI is InChI=1S/C23H31N3O4/c1-6-26(7-2)20-11-8-15(12-18(20)23(3,4)5)19(25-30)14-24-16-9-10-17(22(28)29)21(27)13-16/h8-14,19,25,27,30H,6-7H2,1-5H3,(H,28,29). The van der Waals surface area contributed by atoms with Gasteiger partial charge in [-0.05, 0) is 48.6 Å². The van der Waals surface area contributed by atoms with Crippen LogP contribution in [0.2, 0.25) is 0 Å². The van der Waals surface area contributed by atoms with Crippen LogP contribution < -0.4 is 10.4 Å². The molecule has 2 aromatic carbocycles. The van der Waals surface area contributed by atoms with Gasteiger partial charge in [-0.15, -0.1) is 0 Å². The summed E-state index contributed by atoms with van der Waals surface area (Å²) in [7, 11) is 0. The Kier molecular flexibility index (Phi) is 7.59. The van der Waals surface area contributed by atoms with E-state index in [2.05, 4.69) is 62.1 Å². The van der Waals surface area contributed by atoms with E-state index in [1.165, 1.54) is 35.7 Å². The van der Waals surface area contributed by atoms with Crippen LogP contribution in [0.4, 0.5) is 11.4 Å². The molecule has 1 atom stereocenters. The van der Waals surface area contributed by atoms with E-state index in [0.29, 0.717) is 5.69 Å². The van der Waals surface area contributed by atoms with Gasteiger partial charge in [0.2, 0.25) is 0 Å². The molecule has 2 rings (SSSR count). The van der Waals surface area contributed by atoms with Gasteiger partial charge in [0.15, 0.2) is 0 Å². The van der Waals surface area contributed by atoms with Gasteiger partial charge >= 0.3 is 5.97 Å². The van der Waals surface area contributed by atoms with Gasteiger partial charge in [-0.25, -0.2) is 4.79 Å². The third-order valence-electron chi connectivity index (χ3n) is 5.02. The molecule has 0 bridgehead atoms. The van der Waals surface area contributed by atoms with Gasteiger partial charge in [0, 0.05) is 31.1 Å². The number of anilines is 1. The third kappa shape index (κ3) is 5.37. The molecule has 0 spiro atoms. The first-order valence-corrected chi connectivity index (χ1v) is 10.0. The smallest absolute Gasteiger partial charge is 0.339 e. The Morgan fingerprint density at radius 1 is 1.17 bits per heavy atom. The molecule has 0 saturated carbocycles. The number of carbonyl (C=O) groups is 1. The Morgan fingerprint density at radius 2 is 1.83 bits per heavy atom. The summed E-state index contributed by atoms with van der Waals surface area (Å²) in [5, 5.41) is 28.6. The number of nitrogens with zero attached hydrogens (tertiary/aromatic N) is 2. The van der Waals surface area contributed by atoms with Crippen molar-refractivity contribution in [3.8, 4) is 5.75 Å². The van der Waals surface area contributed by atoms with Crippen LogP contribution in [0.1, 0.15) is 62.1 Å². The number of carboxylic acid groups (broad SMARTS) is 1. The van der Waals surface area contributed by atoms with E-state index in [1.807, 2.05) is 6.07 Å². The molecule has 1 unspecified atom stereocenters. The van der Waals surface area contributed by atoms with Crippen LogP contribution >= 0.6 is 0 Å². The van der Waals surface area contributed by atoms with E-state index < -0.39 is 12.0 Å². The fraction of sp³-hybridized carbons (Fsp3) is 0.391. The molecule has 2 aromatic rings. The Labute approximate surface area is 177 Å². The molecule has 0 aliphatic carbocycles. The van der Waals surface area contributed by atoms with E-state index in [-0.39, 0.29) is 16.7 Å². The molecular weight excluding hydrogens is 382 g/mol. The highest BCUT2D eigenvalue weighted by Crippen LogP contribution is 2.34. The minimum atomic E-state index is -1.21. The van der Waals surface area contributed by atoms with E-state index in [1.54, 1.807) is 0 Å². The molecule has 0 radical (unpaired) electrons. The zero-order chi connectivity index (χ0) is 22.5. The number of rotatable bonds is 8. The Morgan fingerprint density at radius 3 is 2.33 bits per heavy atom. The first-order chi connectivity index (χ1) is 14.1. The van der Waals surface area contributed by atoms with E-state index in [9.17, 15) is 15.1 Å². The third-order valence-corrected chi connectivity index (χ3v) is 5.02. The van der Waals surface area contributed by atoms with Gasteiger partial charge in [-0.2, -0.15) is 5.48 Å². The highest BCUT2D eigenvalue weighted by molar-refractivity contribution is 5.91. The van der Waals surface area contributed by atoms with Crippen molar-refractivity contribution in [2.45, 2.75) is 46.1 Å². The number of aromatic hydroxyl groups is 1. The second-order valence-electron chi connectivity index (χ2n) is 8.09. The largest absolute Gasteiger partial charge is 0.507 e. The number of hydroxylamine groups is 1. The van der Waals surface area contributed by atoms with Crippen molar-refractivity contribution in [2.24, 2.45) is 4.99 Å². The van der Waals surface area contributed by atoms with Crippen LogP contribution in [0.15, 0.2) is 41.4 Å². The number of phenols is 1. The lowest BCUT2D eigenvalue weighted by atomic mass is 9.83. The molecule has 162 valence electrons. The van der Waals surface area contributed by atoms with Crippen LogP contribution in [-0.2, 0) is 5.41 Å². The summed E-state index contributed by atoms with van der Waals surface area (Å²) >= 11 is 0. The molecule has 7 nitrogen and oxygen atoms in total. The van der Waals surface area contributed by atoms with E-state index >= 15 is 0 Å². The van der Waals surface area contributed by atoms with Crippen molar-refractivity contribution in [1.82, 2.24) is 5.48 Å². The lowest BCUT2D eigenvalue weighted by Crippen LogP contribution is -2.27. The Bertz CT molecular complexity index is 915.